The molecule has 0 spiro atoms. The van der Waals surface area contributed by atoms with E-state index in [-0.39, 0.29) is 19.1 Å². The number of carboxylic acid groups (broad SMARTS) is 1. The average Bonchev–Trinajstić information content (AvgIpc) is 2.79. The third kappa shape index (κ3) is 2.78. The van der Waals surface area contributed by atoms with Gasteiger partial charge in [-0.1, -0.05) is 6.92 Å². The van der Waals surface area contributed by atoms with Crippen LogP contribution in [0.15, 0.2) is 10.5 Å². The lowest BCUT2D eigenvalue weighted by Gasteiger charge is -2.30. The highest BCUT2D eigenvalue weighted by atomic mass is 16.5. The number of amides is 1. The Morgan fingerprint density at radius 2 is 2.26 bits per heavy atom. The SMILES string of the molecule is CCc1cc(C)c(C(=O)N2CCO[C@@H](C(=O)O)C2)o1. The number of aliphatic carboxylic acids is 1. The molecule has 1 atom stereocenters. The molecule has 1 aromatic heterocycles. The lowest BCUT2D eigenvalue weighted by Crippen LogP contribution is -2.48. The van der Waals surface area contributed by atoms with Crippen molar-refractivity contribution in [1.82, 2.24) is 4.90 Å². The molecule has 0 aliphatic carbocycles. The summed E-state index contributed by atoms with van der Waals surface area (Å²) in [6.45, 7) is 4.41. The molecular formula is C13H17NO5. The van der Waals surface area contributed by atoms with Crippen LogP contribution >= 0.6 is 0 Å². The van der Waals surface area contributed by atoms with Gasteiger partial charge in [0.25, 0.3) is 5.91 Å². The Bertz CT molecular complexity index is 493. The molecule has 6 nitrogen and oxygen atoms in total. The topological polar surface area (TPSA) is 80.0 Å². The zero-order chi connectivity index (χ0) is 14.0. The van der Waals surface area contributed by atoms with Crippen LogP contribution in [0.5, 0.6) is 0 Å². The van der Waals surface area contributed by atoms with Crippen molar-refractivity contribution >= 4 is 11.9 Å². The number of carboxylic acids is 1. The Balaban J connectivity index is 2.14. The highest BCUT2D eigenvalue weighted by Crippen LogP contribution is 2.18. The van der Waals surface area contributed by atoms with Gasteiger partial charge in [0, 0.05) is 18.5 Å². The van der Waals surface area contributed by atoms with E-state index in [4.69, 9.17) is 14.3 Å². The number of furan rings is 1. The molecule has 6 heteroatoms. The molecule has 104 valence electrons. The number of aryl methyl sites for hydroxylation is 2. The summed E-state index contributed by atoms with van der Waals surface area (Å²) in [7, 11) is 0. The number of ether oxygens (including phenoxy) is 1. The number of nitrogens with zero attached hydrogens (tertiary/aromatic N) is 1. The lowest BCUT2D eigenvalue weighted by atomic mass is 10.2. The minimum atomic E-state index is -1.05. The van der Waals surface area contributed by atoms with Gasteiger partial charge in [-0.3, -0.25) is 4.79 Å². The molecule has 0 unspecified atom stereocenters. The molecule has 1 amide bonds. The first-order chi connectivity index (χ1) is 9.02. The highest BCUT2D eigenvalue weighted by molar-refractivity contribution is 5.93. The second kappa shape index (κ2) is 5.44. The molecule has 0 saturated carbocycles. The Morgan fingerprint density at radius 3 is 2.84 bits per heavy atom. The van der Waals surface area contributed by atoms with E-state index >= 15 is 0 Å². The van der Waals surface area contributed by atoms with Crippen LogP contribution < -0.4 is 0 Å². The van der Waals surface area contributed by atoms with Crippen LogP contribution in [0.1, 0.15) is 28.8 Å². The van der Waals surface area contributed by atoms with Crippen LogP contribution in [-0.4, -0.2) is 47.7 Å². The van der Waals surface area contributed by atoms with Gasteiger partial charge in [-0.2, -0.15) is 0 Å². The van der Waals surface area contributed by atoms with E-state index < -0.39 is 12.1 Å². The number of carbonyl (C=O) groups excluding carboxylic acids is 1. The molecule has 0 radical (unpaired) electrons. The summed E-state index contributed by atoms with van der Waals surface area (Å²) >= 11 is 0. The van der Waals surface area contributed by atoms with Gasteiger partial charge in [-0.25, -0.2) is 4.79 Å². The molecule has 1 saturated heterocycles. The Hall–Kier alpha value is -1.82. The molecule has 1 aliphatic rings. The van der Waals surface area contributed by atoms with Crippen LogP contribution in [0.2, 0.25) is 0 Å². The molecule has 1 aliphatic heterocycles. The van der Waals surface area contributed by atoms with E-state index in [1.165, 1.54) is 4.90 Å². The quantitative estimate of drug-likeness (QED) is 0.886. The van der Waals surface area contributed by atoms with Gasteiger partial charge in [-0.05, 0) is 13.0 Å². The predicted molar refractivity (Wildman–Crippen MR) is 66.1 cm³/mol. The number of rotatable bonds is 3. The summed E-state index contributed by atoms with van der Waals surface area (Å²) in [6.07, 6.45) is -0.242. The minimum Gasteiger partial charge on any atom is -0.479 e. The molecule has 2 rings (SSSR count). The highest BCUT2D eigenvalue weighted by Gasteiger charge is 2.31. The van der Waals surface area contributed by atoms with Gasteiger partial charge < -0.3 is 19.2 Å². The zero-order valence-electron chi connectivity index (χ0n) is 11.0. The fraction of sp³-hybridized carbons (Fsp3) is 0.538. The standard InChI is InChI=1S/C13H17NO5/c1-3-9-6-8(2)11(19-9)12(15)14-4-5-18-10(7-14)13(16)17/h6,10H,3-5,7H2,1-2H3,(H,16,17)/t10-/m1/s1. The van der Waals surface area contributed by atoms with E-state index in [0.717, 1.165) is 17.7 Å². The fourth-order valence-electron chi connectivity index (χ4n) is 2.06. The number of morpholine rings is 1. The van der Waals surface area contributed by atoms with Crippen molar-refractivity contribution < 1.29 is 23.8 Å². The van der Waals surface area contributed by atoms with E-state index in [1.54, 1.807) is 0 Å². The van der Waals surface area contributed by atoms with Crippen LogP contribution in [-0.2, 0) is 16.0 Å². The molecule has 1 fully saturated rings. The summed E-state index contributed by atoms with van der Waals surface area (Å²) in [5, 5.41) is 8.92. The molecule has 0 bridgehead atoms. The summed E-state index contributed by atoms with van der Waals surface area (Å²) in [5.74, 6) is -0.276. The first kappa shape index (κ1) is 13.6. The molecule has 1 aromatic rings. The third-order valence-corrected chi connectivity index (χ3v) is 3.14. The van der Waals surface area contributed by atoms with Crippen LogP contribution in [0.3, 0.4) is 0 Å². The van der Waals surface area contributed by atoms with E-state index in [2.05, 4.69) is 0 Å². The molecule has 19 heavy (non-hydrogen) atoms. The number of hydrogen-bond donors (Lipinski definition) is 1. The first-order valence-electron chi connectivity index (χ1n) is 6.26. The predicted octanol–water partition coefficient (Wildman–Crippen LogP) is 1.08. The maximum absolute atomic E-state index is 12.3. The Morgan fingerprint density at radius 1 is 1.53 bits per heavy atom. The number of carbonyl (C=O) groups is 2. The molecule has 1 N–H and O–H groups in total. The van der Waals surface area contributed by atoms with Gasteiger partial charge in [0.2, 0.25) is 0 Å². The smallest absolute Gasteiger partial charge is 0.334 e. The van der Waals surface area contributed by atoms with Gasteiger partial charge in [0.1, 0.15) is 5.76 Å². The second-order valence-electron chi connectivity index (χ2n) is 4.53. The van der Waals surface area contributed by atoms with Crippen molar-refractivity contribution in [3.63, 3.8) is 0 Å². The first-order valence-corrected chi connectivity index (χ1v) is 6.26. The van der Waals surface area contributed by atoms with Gasteiger partial charge >= 0.3 is 5.97 Å². The summed E-state index contributed by atoms with van der Waals surface area (Å²) in [4.78, 5) is 24.7. The maximum Gasteiger partial charge on any atom is 0.334 e. The Labute approximate surface area is 110 Å². The van der Waals surface area contributed by atoms with Gasteiger partial charge in [0.15, 0.2) is 11.9 Å². The maximum atomic E-state index is 12.3. The van der Waals surface area contributed by atoms with Crippen LogP contribution in [0.4, 0.5) is 0 Å². The van der Waals surface area contributed by atoms with Crippen molar-refractivity contribution in [3.05, 3.63) is 23.2 Å². The average molecular weight is 267 g/mol. The molecule has 2 heterocycles. The second-order valence-corrected chi connectivity index (χ2v) is 4.53. The normalized spacial score (nSPS) is 19.5. The van der Waals surface area contributed by atoms with Crippen LogP contribution in [0.25, 0.3) is 0 Å². The van der Waals surface area contributed by atoms with Crippen molar-refractivity contribution in [2.45, 2.75) is 26.4 Å². The largest absolute Gasteiger partial charge is 0.479 e. The molecular weight excluding hydrogens is 250 g/mol. The van der Waals surface area contributed by atoms with Crippen molar-refractivity contribution in [2.24, 2.45) is 0 Å². The van der Waals surface area contributed by atoms with Crippen LogP contribution in [0, 0.1) is 6.92 Å². The van der Waals surface area contributed by atoms with E-state index in [0.29, 0.717) is 12.3 Å². The monoisotopic (exact) mass is 267 g/mol. The minimum absolute atomic E-state index is 0.0514. The third-order valence-electron chi connectivity index (χ3n) is 3.14. The van der Waals surface area contributed by atoms with Crippen molar-refractivity contribution in [3.8, 4) is 0 Å². The zero-order valence-corrected chi connectivity index (χ0v) is 11.0. The summed E-state index contributed by atoms with van der Waals surface area (Å²) < 4.78 is 10.6. The van der Waals surface area contributed by atoms with E-state index in [9.17, 15) is 9.59 Å². The van der Waals surface area contributed by atoms with Gasteiger partial charge in [-0.15, -0.1) is 0 Å². The number of hydrogen-bond acceptors (Lipinski definition) is 4. The fourth-order valence-corrected chi connectivity index (χ4v) is 2.06. The van der Waals surface area contributed by atoms with Crippen molar-refractivity contribution in [2.75, 3.05) is 19.7 Å². The lowest BCUT2D eigenvalue weighted by molar-refractivity contribution is -0.154. The molecule has 0 aromatic carbocycles. The Kier molecular flexibility index (Phi) is 3.90. The van der Waals surface area contributed by atoms with Crippen molar-refractivity contribution in [1.29, 1.82) is 0 Å². The van der Waals surface area contributed by atoms with E-state index in [1.807, 2.05) is 19.9 Å². The summed E-state index contributed by atoms with van der Waals surface area (Å²) in [5.41, 5.74) is 0.778. The van der Waals surface area contributed by atoms with Gasteiger partial charge in [0.05, 0.1) is 13.2 Å². The summed E-state index contributed by atoms with van der Waals surface area (Å²) in [6, 6.07) is 1.84.